The number of carbonyl (C=O) groups excluding carboxylic acids is 4. The van der Waals surface area contributed by atoms with Crippen molar-refractivity contribution in [2.45, 2.75) is 85.7 Å². The van der Waals surface area contributed by atoms with Crippen molar-refractivity contribution in [3.8, 4) is 0 Å². The molecule has 1 saturated heterocycles. The highest BCUT2D eigenvalue weighted by molar-refractivity contribution is 7.96. The first kappa shape index (κ1) is 40.7. The predicted octanol–water partition coefficient (Wildman–Crippen LogP) is 6.83. The largest absolute Gasteiger partial charge is 0.457 e. The second kappa shape index (κ2) is 15.9. The van der Waals surface area contributed by atoms with Crippen LogP contribution in [-0.2, 0) is 33.1 Å². The molecule has 1 aliphatic rings. The molecule has 1 fully saturated rings. The fraction of sp³-hybridized carbons (Fsp3) is 0.405. The number of hydrogen-bond donors (Lipinski definition) is 0. The molecule has 3 aromatic carbocycles. The first-order valence-corrected chi connectivity index (χ1v) is 22.5. The van der Waals surface area contributed by atoms with E-state index in [9.17, 15) is 14.4 Å². The Morgan fingerprint density at radius 2 is 1.27 bits per heavy atom. The number of β-lactam (4-membered cyclic amide) rings is 1. The molecule has 0 N–H and O–H groups in total. The van der Waals surface area contributed by atoms with Crippen LogP contribution in [0.1, 0.15) is 55.4 Å². The van der Waals surface area contributed by atoms with Gasteiger partial charge in [0.1, 0.15) is 12.0 Å². The van der Waals surface area contributed by atoms with Gasteiger partial charge in [-0.15, -0.1) is 0 Å². The van der Waals surface area contributed by atoms with Crippen molar-refractivity contribution in [1.29, 1.82) is 0 Å². The van der Waals surface area contributed by atoms with E-state index < -0.39 is 62.5 Å². The Balaban J connectivity index is 2.13. The lowest BCUT2D eigenvalue weighted by molar-refractivity contribution is -0.175. The number of ether oxygens (including phenoxy) is 2. The SMILES string of the molecule is C=CCOC(=O)C(N1C(=O)[C@H]([C@@H](C)O[Si](C)(C)C(C)(C)C)[C@H]1[C@@H](C)C(=O)OC(=O)C(C)(C)C)=P(c1ccccc1)(c1ccccc1)c1ccccc1. The van der Waals surface area contributed by atoms with Crippen molar-refractivity contribution in [1.82, 2.24) is 4.90 Å². The average molecular weight is 744 g/mol. The van der Waals surface area contributed by atoms with Gasteiger partial charge in [-0.3, -0.25) is 14.4 Å². The van der Waals surface area contributed by atoms with Crippen molar-refractivity contribution in [2.24, 2.45) is 17.3 Å². The van der Waals surface area contributed by atoms with E-state index in [2.05, 4.69) is 40.4 Å². The Bertz CT molecular complexity index is 1730. The van der Waals surface area contributed by atoms with E-state index in [1.54, 1.807) is 27.7 Å². The van der Waals surface area contributed by atoms with Crippen LogP contribution in [0.15, 0.2) is 104 Å². The summed E-state index contributed by atoms with van der Waals surface area (Å²) in [5.74, 6) is -4.38. The third kappa shape index (κ3) is 7.97. The number of likely N-dealkylation sites (tertiary alicyclic amines) is 1. The van der Waals surface area contributed by atoms with Gasteiger partial charge in [-0.1, -0.05) is 124 Å². The Morgan fingerprint density at radius 1 is 0.827 bits per heavy atom. The van der Waals surface area contributed by atoms with Crippen LogP contribution in [0.5, 0.6) is 0 Å². The molecule has 278 valence electrons. The van der Waals surface area contributed by atoms with Crippen LogP contribution in [0.2, 0.25) is 18.1 Å². The predicted molar refractivity (Wildman–Crippen MR) is 213 cm³/mol. The van der Waals surface area contributed by atoms with E-state index >= 15 is 4.79 Å². The van der Waals surface area contributed by atoms with Crippen molar-refractivity contribution in [3.05, 3.63) is 104 Å². The molecule has 10 heteroatoms. The van der Waals surface area contributed by atoms with Crippen LogP contribution >= 0.6 is 6.89 Å². The first-order valence-electron chi connectivity index (χ1n) is 17.8. The topological polar surface area (TPSA) is 99.2 Å². The number of amides is 1. The molecule has 0 saturated carbocycles. The monoisotopic (exact) mass is 743 g/mol. The molecule has 0 aliphatic carbocycles. The molecular weight excluding hydrogens is 690 g/mol. The number of rotatable bonds is 12. The maximum absolute atomic E-state index is 15.0. The number of esters is 3. The summed E-state index contributed by atoms with van der Waals surface area (Å²) in [6.07, 6.45) is 0.862. The second-order valence-electron chi connectivity index (χ2n) is 15.9. The molecule has 52 heavy (non-hydrogen) atoms. The van der Waals surface area contributed by atoms with Crippen molar-refractivity contribution in [3.63, 3.8) is 0 Å². The van der Waals surface area contributed by atoms with E-state index in [0.29, 0.717) is 0 Å². The fourth-order valence-electron chi connectivity index (χ4n) is 6.35. The van der Waals surface area contributed by atoms with Crippen LogP contribution in [0.4, 0.5) is 0 Å². The molecule has 8 nitrogen and oxygen atoms in total. The third-order valence-corrected chi connectivity index (χ3v) is 19.0. The second-order valence-corrected chi connectivity index (χ2v) is 24.0. The molecule has 0 radical (unpaired) electrons. The minimum absolute atomic E-state index is 0.0978. The highest BCUT2D eigenvalue weighted by Crippen LogP contribution is 2.51. The summed E-state index contributed by atoms with van der Waals surface area (Å²) in [4.78, 5) is 58.4. The van der Waals surface area contributed by atoms with Crippen LogP contribution in [0.3, 0.4) is 0 Å². The van der Waals surface area contributed by atoms with Gasteiger partial charge in [0, 0.05) is 6.89 Å². The van der Waals surface area contributed by atoms with Gasteiger partial charge in [0.15, 0.2) is 8.32 Å². The van der Waals surface area contributed by atoms with E-state index in [4.69, 9.17) is 13.9 Å². The third-order valence-electron chi connectivity index (χ3n) is 10.2. The molecule has 1 aliphatic heterocycles. The van der Waals surface area contributed by atoms with Gasteiger partial charge in [-0.2, -0.15) is 0 Å². The minimum atomic E-state index is -3.24. The summed E-state index contributed by atoms with van der Waals surface area (Å²) in [7, 11) is -2.41. The van der Waals surface area contributed by atoms with Gasteiger partial charge in [0.25, 0.3) is 0 Å². The zero-order valence-corrected chi connectivity index (χ0v) is 34.1. The number of carbonyl (C=O) groups is 4. The summed E-state index contributed by atoms with van der Waals surface area (Å²) in [5, 5.41) is 2.29. The lowest BCUT2D eigenvalue weighted by atomic mass is 9.76. The first-order chi connectivity index (χ1) is 24.3. The summed E-state index contributed by atoms with van der Waals surface area (Å²) in [6.45, 7) is 19.5. The summed E-state index contributed by atoms with van der Waals surface area (Å²) in [6, 6.07) is 28.1. The molecule has 4 atom stereocenters. The van der Waals surface area contributed by atoms with Crippen LogP contribution in [0.25, 0.3) is 0 Å². The van der Waals surface area contributed by atoms with Gasteiger partial charge < -0.3 is 18.8 Å². The Labute approximate surface area is 310 Å². The molecule has 3 aromatic rings. The summed E-state index contributed by atoms with van der Waals surface area (Å²) in [5.41, 5.74) is -0.811. The number of nitrogens with zero attached hydrogens (tertiary/aromatic N) is 1. The molecule has 1 amide bonds. The van der Waals surface area contributed by atoms with Gasteiger partial charge in [0.2, 0.25) is 5.91 Å². The lowest BCUT2D eigenvalue weighted by Gasteiger charge is -2.54. The van der Waals surface area contributed by atoms with Crippen molar-refractivity contribution < 1.29 is 33.1 Å². The molecule has 4 rings (SSSR count). The molecule has 1 heterocycles. The lowest BCUT2D eigenvalue weighted by Crippen LogP contribution is -2.71. The smallest absolute Gasteiger partial charge is 0.356 e. The van der Waals surface area contributed by atoms with E-state index in [0.717, 1.165) is 15.9 Å². The fourth-order valence-corrected chi connectivity index (χ4v) is 12.2. The maximum Gasteiger partial charge on any atom is 0.356 e. The van der Waals surface area contributed by atoms with Gasteiger partial charge in [-0.05, 0) is 68.7 Å². The average Bonchev–Trinajstić information content (AvgIpc) is 3.09. The molecule has 0 spiro atoms. The highest BCUT2D eigenvalue weighted by atomic mass is 31.2. The van der Waals surface area contributed by atoms with E-state index in [-0.39, 0.29) is 23.0 Å². The molecular formula is C42H54NO7PSi. The van der Waals surface area contributed by atoms with Gasteiger partial charge in [0.05, 0.1) is 29.4 Å². The van der Waals surface area contributed by atoms with Crippen molar-refractivity contribution in [2.75, 3.05) is 6.61 Å². The quantitative estimate of drug-likeness (QED) is 0.0501. The standard InChI is InChI=1S/C42H54NO7PSi/c1-12-28-48-39(46)37(51(31-22-16-13-17-23-31,32-24-18-14-19-25-32)33-26-20-15-21-27-33)43-35(29(2)38(45)49-40(47)41(4,5)6)34(36(43)44)30(3)50-52(10,11)42(7,8)9/h12-27,29-30,34-35H,1,28H2,2-11H3/t29-,30-,34-,35-/m1/s1. The van der Waals surface area contributed by atoms with E-state index in [1.807, 2.05) is 97.9 Å². The Morgan fingerprint density at radius 3 is 1.65 bits per heavy atom. The van der Waals surface area contributed by atoms with Crippen LogP contribution < -0.4 is 15.9 Å². The number of benzene rings is 3. The number of hydrogen-bond acceptors (Lipinski definition) is 7. The van der Waals surface area contributed by atoms with Crippen LogP contribution in [0, 0.1) is 17.3 Å². The van der Waals surface area contributed by atoms with Gasteiger partial charge >= 0.3 is 17.9 Å². The molecule has 0 bridgehead atoms. The molecule has 0 aromatic heterocycles. The normalized spacial score (nSPS) is 17.7. The Hall–Kier alpha value is -4.04. The molecule has 0 unspecified atom stereocenters. The van der Waals surface area contributed by atoms with Crippen molar-refractivity contribution >= 4 is 60.3 Å². The summed E-state index contributed by atoms with van der Waals surface area (Å²) >= 11 is 0. The van der Waals surface area contributed by atoms with Gasteiger partial charge in [-0.25, -0.2) is 4.79 Å². The zero-order valence-electron chi connectivity index (χ0n) is 32.2. The highest BCUT2D eigenvalue weighted by Gasteiger charge is 2.60. The zero-order chi connectivity index (χ0) is 38.6. The summed E-state index contributed by atoms with van der Waals surface area (Å²) < 4.78 is 18.2. The maximum atomic E-state index is 15.0. The van der Waals surface area contributed by atoms with Crippen LogP contribution in [-0.4, -0.2) is 61.2 Å². The minimum Gasteiger partial charge on any atom is -0.457 e. The van der Waals surface area contributed by atoms with E-state index in [1.165, 1.54) is 11.0 Å². The Kier molecular flexibility index (Phi) is 12.5.